The number of carbonyl (C=O) groups excluding carboxylic acids is 1. The molecular formula is C21H16ClN5O3. The zero-order chi connectivity index (χ0) is 20.8. The van der Waals surface area contributed by atoms with Crippen LogP contribution >= 0.6 is 11.6 Å². The van der Waals surface area contributed by atoms with E-state index in [4.69, 9.17) is 11.6 Å². The summed E-state index contributed by atoms with van der Waals surface area (Å²) >= 11 is 6.32. The lowest BCUT2D eigenvalue weighted by molar-refractivity contribution is -0.385. The molecular weight excluding hydrogens is 406 g/mol. The molecule has 2 heterocycles. The number of nitrogens with one attached hydrogen (secondary N) is 1. The molecule has 8 nitrogen and oxygen atoms in total. The Hall–Kier alpha value is -3.52. The number of nitro benzene ring substituents is 1. The molecule has 1 N–H and O–H groups in total. The zero-order valence-electron chi connectivity index (χ0n) is 15.7. The average molecular weight is 422 g/mol. The zero-order valence-corrected chi connectivity index (χ0v) is 16.5. The van der Waals surface area contributed by atoms with E-state index in [0.29, 0.717) is 46.3 Å². The van der Waals surface area contributed by atoms with E-state index < -0.39 is 11.0 Å². The summed E-state index contributed by atoms with van der Waals surface area (Å²) in [5.41, 5.74) is 2.26. The summed E-state index contributed by atoms with van der Waals surface area (Å²) in [4.78, 5) is 28.8. The Labute approximate surface area is 176 Å². The summed E-state index contributed by atoms with van der Waals surface area (Å²) in [5, 5.41) is 20.1. The van der Waals surface area contributed by atoms with E-state index in [1.807, 2.05) is 18.2 Å². The van der Waals surface area contributed by atoms with Crippen LogP contribution < -0.4 is 5.32 Å². The summed E-state index contributed by atoms with van der Waals surface area (Å²) in [5.74, 6) is 0.785. The molecule has 1 aliphatic carbocycles. The monoisotopic (exact) mass is 421 g/mol. The fraction of sp³-hybridized carbons (Fsp3) is 0.190. The first-order valence-corrected chi connectivity index (χ1v) is 9.90. The van der Waals surface area contributed by atoms with Gasteiger partial charge in [-0.25, -0.2) is 4.68 Å². The number of aromatic nitrogens is 3. The van der Waals surface area contributed by atoms with Gasteiger partial charge in [-0.15, -0.1) is 5.10 Å². The normalized spacial score (nSPS) is 17.9. The van der Waals surface area contributed by atoms with Crippen molar-refractivity contribution in [2.24, 2.45) is 0 Å². The van der Waals surface area contributed by atoms with Crippen LogP contribution in [-0.4, -0.2) is 25.5 Å². The lowest BCUT2D eigenvalue weighted by Gasteiger charge is -2.31. The highest BCUT2D eigenvalue weighted by Gasteiger charge is 2.39. The molecule has 3 aromatic rings. The maximum Gasteiger partial charge on any atom is 0.275 e. The van der Waals surface area contributed by atoms with Gasteiger partial charge >= 0.3 is 0 Å². The second-order valence-electron chi connectivity index (χ2n) is 7.20. The van der Waals surface area contributed by atoms with E-state index >= 15 is 0 Å². The lowest BCUT2D eigenvalue weighted by Crippen LogP contribution is -2.31. The number of ketones is 1. The number of Topliss-reactive ketones (excluding diaryl/α,β-unsaturated/α-hetero) is 1. The number of nitro groups is 1. The standard InChI is InChI=1S/C21H16ClN5O3/c22-14-8-3-1-6-12(14)20-24-21-23-15-9-5-11-17(28)18(15)19(26(21)25-20)13-7-2-4-10-16(13)27(29)30/h1-4,6-8,10,19H,5,9,11H2,(H,23,24,25). The van der Waals surface area contributed by atoms with Crippen LogP contribution in [0.2, 0.25) is 5.02 Å². The number of rotatable bonds is 3. The minimum absolute atomic E-state index is 0.0349. The van der Waals surface area contributed by atoms with Crippen molar-refractivity contribution >= 4 is 29.0 Å². The van der Waals surface area contributed by atoms with Crippen LogP contribution in [0.5, 0.6) is 0 Å². The SMILES string of the molecule is O=C1CCCC2=C1C(c1ccccc1[N+](=O)[O-])n1nc(-c3ccccc3Cl)nc1N2. The molecule has 0 saturated heterocycles. The summed E-state index contributed by atoms with van der Waals surface area (Å²) in [6.45, 7) is 0. The van der Waals surface area contributed by atoms with Crippen molar-refractivity contribution in [1.82, 2.24) is 14.8 Å². The molecule has 0 radical (unpaired) electrons. The van der Waals surface area contributed by atoms with E-state index in [1.54, 1.807) is 28.9 Å². The second-order valence-corrected chi connectivity index (χ2v) is 7.60. The van der Waals surface area contributed by atoms with E-state index in [-0.39, 0.29) is 11.5 Å². The Morgan fingerprint density at radius 1 is 1.13 bits per heavy atom. The number of anilines is 1. The van der Waals surface area contributed by atoms with Gasteiger partial charge in [0.15, 0.2) is 11.6 Å². The van der Waals surface area contributed by atoms with Crippen LogP contribution in [0.1, 0.15) is 30.9 Å². The number of benzene rings is 2. The number of fused-ring (bicyclic) bond motifs is 1. The number of para-hydroxylation sites is 1. The Morgan fingerprint density at radius 3 is 2.70 bits per heavy atom. The van der Waals surface area contributed by atoms with E-state index in [9.17, 15) is 14.9 Å². The quantitative estimate of drug-likeness (QED) is 0.492. The molecule has 0 amide bonds. The van der Waals surface area contributed by atoms with E-state index in [1.165, 1.54) is 6.07 Å². The predicted octanol–water partition coefficient (Wildman–Crippen LogP) is 4.53. The van der Waals surface area contributed by atoms with Crippen LogP contribution in [0.25, 0.3) is 11.4 Å². The van der Waals surface area contributed by atoms with Crippen molar-refractivity contribution in [3.63, 3.8) is 0 Å². The minimum Gasteiger partial charge on any atom is -0.328 e. The maximum atomic E-state index is 12.9. The first-order valence-electron chi connectivity index (χ1n) is 9.52. The summed E-state index contributed by atoms with van der Waals surface area (Å²) in [6.07, 6.45) is 1.80. The number of halogens is 1. The van der Waals surface area contributed by atoms with Crippen molar-refractivity contribution in [3.05, 3.63) is 80.5 Å². The molecule has 1 atom stereocenters. The molecule has 1 aromatic heterocycles. The van der Waals surface area contributed by atoms with Crippen LogP contribution in [-0.2, 0) is 4.79 Å². The van der Waals surface area contributed by atoms with Crippen LogP contribution in [0.4, 0.5) is 11.6 Å². The van der Waals surface area contributed by atoms with Crippen molar-refractivity contribution < 1.29 is 9.72 Å². The number of hydrogen-bond acceptors (Lipinski definition) is 6. The molecule has 2 aliphatic rings. The smallest absolute Gasteiger partial charge is 0.275 e. The number of carbonyl (C=O) groups is 1. The van der Waals surface area contributed by atoms with Crippen LogP contribution in [0.3, 0.4) is 0 Å². The van der Waals surface area contributed by atoms with E-state index in [2.05, 4.69) is 15.4 Å². The molecule has 0 saturated carbocycles. The Balaban J connectivity index is 1.74. The third kappa shape index (κ3) is 2.88. The summed E-state index contributed by atoms with van der Waals surface area (Å²) in [6, 6.07) is 12.9. The highest BCUT2D eigenvalue weighted by molar-refractivity contribution is 6.33. The Bertz CT molecular complexity index is 1230. The van der Waals surface area contributed by atoms with Gasteiger partial charge in [0.2, 0.25) is 5.95 Å². The van der Waals surface area contributed by atoms with Gasteiger partial charge in [0.25, 0.3) is 5.69 Å². The molecule has 2 aromatic carbocycles. The molecule has 0 fully saturated rings. The van der Waals surface area contributed by atoms with Crippen molar-refractivity contribution in [1.29, 1.82) is 0 Å². The summed E-state index contributed by atoms with van der Waals surface area (Å²) < 4.78 is 1.56. The number of allylic oxidation sites excluding steroid dienone is 2. The third-order valence-electron chi connectivity index (χ3n) is 5.41. The predicted molar refractivity (Wildman–Crippen MR) is 111 cm³/mol. The highest BCUT2D eigenvalue weighted by Crippen LogP contribution is 2.43. The topological polar surface area (TPSA) is 103 Å². The third-order valence-corrected chi connectivity index (χ3v) is 5.74. The minimum atomic E-state index is -0.727. The van der Waals surface area contributed by atoms with Gasteiger partial charge < -0.3 is 5.32 Å². The first-order chi connectivity index (χ1) is 14.5. The second kappa shape index (κ2) is 7.07. The Kier molecular flexibility index (Phi) is 4.36. The molecule has 1 aliphatic heterocycles. The molecule has 5 rings (SSSR count). The molecule has 9 heteroatoms. The molecule has 0 bridgehead atoms. The highest BCUT2D eigenvalue weighted by atomic mass is 35.5. The molecule has 0 spiro atoms. The van der Waals surface area contributed by atoms with Gasteiger partial charge in [-0.2, -0.15) is 4.98 Å². The first kappa shape index (κ1) is 18.5. The van der Waals surface area contributed by atoms with Gasteiger partial charge in [-0.1, -0.05) is 35.9 Å². The van der Waals surface area contributed by atoms with Crippen LogP contribution in [0.15, 0.2) is 59.8 Å². The van der Waals surface area contributed by atoms with Gasteiger partial charge in [0, 0.05) is 29.3 Å². The van der Waals surface area contributed by atoms with Crippen molar-refractivity contribution in [2.45, 2.75) is 25.3 Å². The van der Waals surface area contributed by atoms with Crippen LogP contribution in [0, 0.1) is 10.1 Å². The lowest BCUT2D eigenvalue weighted by atomic mass is 9.85. The van der Waals surface area contributed by atoms with Gasteiger partial charge in [-0.3, -0.25) is 14.9 Å². The number of nitrogens with zero attached hydrogens (tertiary/aromatic N) is 4. The largest absolute Gasteiger partial charge is 0.328 e. The maximum absolute atomic E-state index is 12.9. The molecule has 150 valence electrons. The average Bonchev–Trinajstić information content (AvgIpc) is 3.16. The van der Waals surface area contributed by atoms with Crippen molar-refractivity contribution in [3.8, 4) is 11.4 Å². The summed E-state index contributed by atoms with van der Waals surface area (Å²) in [7, 11) is 0. The van der Waals surface area contributed by atoms with E-state index in [0.717, 1.165) is 12.1 Å². The van der Waals surface area contributed by atoms with Gasteiger partial charge in [0.05, 0.1) is 15.5 Å². The fourth-order valence-corrected chi connectivity index (χ4v) is 4.31. The van der Waals surface area contributed by atoms with Gasteiger partial charge in [0.1, 0.15) is 6.04 Å². The van der Waals surface area contributed by atoms with Crippen molar-refractivity contribution in [2.75, 3.05) is 5.32 Å². The Morgan fingerprint density at radius 2 is 1.90 bits per heavy atom. The molecule has 30 heavy (non-hydrogen) atoms. The van der Waals surface area contributed by atoms with Gasteiger partial charge in [-0.05, 0) is 31.0 Å². The fourth-order valence-electron chi connectivity index (χ4n) is 4.09. The molecule has 1 unspecified atom stereocenters. The number of hydrogen-bond donors (Lipinski definition) is 1.